The van der Waals surface area contributed by atoms with Crippen LogP contribution in [0.5, 0.6) is 0 Å². The van der Waals surface area contributed by atoms with Crippen LogP contribution in [0, 0.1) is 6.92 Å². The van der Waals surface area contributed by atoms with Crippen LogP contribution >= 0.6 is 0 Å². The zero-order valence-electron chi connectivity index (χ0n) is 14.1. The van der Waals surface area contributed by atoms with Gasteiger partial charge in [0.25, 0.3) is 0 Å². The number of hydrogen-bond donors (Lipinski definition) is 2. The fourth-order valence-electron chi connectivity index (χ4n) is 2.31. The molecule has 0 aliphatic carbocycles. The van der Waals surface area contributed by atoms with Crippen molar-refractivity contribution < 1.29 is 13.2 Å². The summed E-state index contributed by atoms with van der Waals surface area (Å²) < 4.78 is 27.7. The van der Waals surface area contributed by atoms with Crippen LogP contribution in [0.2, 0.25) is 0 Å². The molecule has 0 aliphatic heterocycles. The molecule has 0 aromatic heterocycles. The maximum atomic E-state index is 12.6. The molecule has 0 fully saturated rings. The number of aryl methyl sites for hydroxylation is 1. The van der Waals surface area contributed by atoms with Crippen molar-refractivity contribution in [2.24, 2.45) is 0 Å². The largest absolute Gasteiger partial charge is 0.351 e. The summed E-state index contributed by atoms with van der Waals surface area (Å²) in [6.45, 7) is 5.71. The van der Waals surface area contributed by atoms with Crippen LogP contribution in [0.25, 0.3) is 0 Å². The number of benzene rings is 2. The number of carbonyl (C=O) groups excluding carboxylic acids is 1. The molecule has 0 saturated heterocycles. The minimum absolute atomic E-state index is 0.132. The molecule has 0 unspecified atom stereocenters. The molecule has 2 aromatic carbocycles. The molecule has 6 heteroatoms. The zero-order chi connectivity index (χ0) is 18.3. The van der Waals surface area contributed by atoms with Gasteiger partial charge in [0.05, 0.1) is 4.90 Å². The van der Waals surface area contributed by atoms with Crippen LogP contribution in [-0.2, 0) is 21.2 Å². The first-order chi connectivity index (χ1) is 11.9. The van der Waals surface area contributed by atoms with Crippen molar-refractivity contribution in [1.82, 2.24) is 10.0 Å². The quantitative estimate of drug-likeness (QED) is 0.710. The Balaban J connectivity index is 2.23. The lowest BCUT2D eigenvalue weighted by Gasteiger charge is -2.18. The van der Waals surface area contributed by atoms with Crippen molar-refractivity contribution >= 4 is 15.9 Å². The molecule has 0 spiro atoms. The van der Waals surface area contributed by atoms with E-state index < -0.39 is 16.1 Å². The van der Waals surface area contributed by atoms with Gasteiger partial charge in [-0.15, -0.1) is 6.58 Å². The van der Waals surface area contributed by atoms with Crippen LogP contribution in [0.15, 0.2) is 72.1 Å². The first-order valence-electron chi connectivity index (χ1n) is 7.94. The number of nitrogens with one attached hydrogen (secondary N) is 2. The van der Waals surface area contributed by atoms with E-state index in [4.69, 9.17) is 0 Å². The summed E-state index contributed by atoms with van der Waals surface area (Å²) in [7, 11) is -3.80. The molecule has 2 N–H and O–H groups in total. The topological polar surface area (TPSA) is 75.3 Å². The van der Waals surface area contributed by atoms with Crippen LogP contribution in [-0.4, -0.2) is 26.9 Å². The Hall–Kier alpha value is -2.44. The fraction of sp³-hybridized carbons (Fsp3) is 0.211. The van der Waals surface area contributed by atoms with Gasteiger partial charge in [-0.05, 0) is 31.0 Å². The van der Waals surface area contributed by atoms with Gasteiger partial charge in [-0.1, -0.05) is 54.1 Å². The van der Waals surface area contributed by atoms with Crippen LogP contribution in [0.1, 0.15) is 11.1 Å². The Kier molecular flexibility index (Phi) is 6.50. The summed E-state index contributed by atoms with van der Waals surface area (Å²) in [5.74, 6) is -0.389. The minimum Gasteiger partial charge on any atom is -0.351 e. The van der Waals surface area contributed by atoms with Gasteiger partial charge >= 0.3 is 0 Å². The molecule has 25 heavy (non-hydrogen) atoms. The lowest BCUT2D eigenvalue weighted by Crippen LogP contribution is -2.47. The highest BCUT2D eigenvalue weighted by Gasteiger charge is 2.25. The molecule has 0 heterocycles. The number of rotatable bonds is 8. The Morgan fingerprint density at radius 1 is 1.12 bits per heavy atom. The predicted molar refractivity (Wildman–Crippen MR) is 98.6 cm³/mol. The average molecular weight is 358 g/mol. The normalized spacial score (nSPS) is 12.4. The highest BCUT2D eigenvalue weighted by atomic mass is 32.2. The molecule has 5 nitrogen and oxygen atoms in total. The molecule has 132 valence electrons. The van der Waals surface area contributed by atoms with Gasteiger partial charge in [-0.25, -0.2) is 8.42 Å². The van der Waals surface area contributed by atoms with E-state index in [9.17, 15) is 13.2 Å². The van der Waals surface area contributed by atoms with Crippen molar-refractivity contribution in [2.75, 3.05) is 6.54 Å². The lowest BCUT2D eigenvalue weighted by atomic mass is 10.1. The third-order valence-electron chi connectivity index (χ3n) is 3.65. The van der Waals surface area contributed by atoms with E-state index in [1.54, 1.807) is 18.2 Å². The molecule has 2 aromatic rings. The zero-order valence-corrected chi connectivity index (χ0v) is 14.9. The highest BCUT2D eigenvalue weighted by molar-refractivity contribution is 7.89. The smallest absolute Gasteiger partial charge is 0.241 e. The van der Waals surface area contributed by atoms with E-state index >= 15 is 0 Å². The Labute approximate surface area is 148 Å². The first-order valence-corrected chi connectivity index (χ1v) is 9.42. The second kappa shape index (κ2) is 8.60. The molecular weight excluding hydrogens is 336 g/mol. The second-order valence-corrected chi connectivity index (χ2v) is 7.42. The molecule has 0 saturated carbocycles. The summed E-state index contributed by atoms with van der Waals surface area (Å²) in [6, 6.07) is 14.9. The second-order valence-electron chi connectivity index (χ2n) is 5.71. The van der Waals surface area contributed by atoms with Crippen molar-refractivity contribution in [3.63, 3.8) is 0 Å². The molecule has 2 rings (SSSR count). The minimum atomic E-state index is -3.80. The van der Waals surface area contributed by atoms with Crippen LogP contribution in [0.3, 0.4) is 0 Å². The first kappa shape index (κ1) is 18.9. The summed E-state index contributed by atoms with van der Waals surface area (Å²) in [4.78, 5) is 12.5. The van der Waals surface area contributed by atoms with Crippen molar-refractivity contribution in [3.8, 4) is 0 Å². The third kappa shape index (κ3) is 5.55. The third-order valence-corrected chi connectivity index (χ3v) is 5.14. The van der Waals surface area contributed by atoms with E-state index in [-0.39, 0.29) is 23.8 Å². The van der Waals surface area contributed by atoms with Gasteiger partial charge in [-0.3, -0.25) is 4.79 Å². The van der Waals surface area contributed by atoms with Crippen LogP contribution in [0.4, 0.5) is 0 Å². The van der Waals surface area contributed by atoms with Crippen molar-refractivity contribution in [2.45, 2.75) is 24.3 Å². The Morgan fingerprint density at radius 3 is 2.36 bits per heavy atom. The fourth-order valence-corrected chi connectivity index (χ4v) is 3.50. The lowest BCUT2D eigenvalue weighted by molar-refractivity contribution is -0.122. The molecule has 0 radical (unpaired) electrons. The number of carbonyl (C=O) groups is 1. The maximum Gasteiger partial charge on any atom is 0.241 e. The monoisotopic (exact) mass is 358 g/mol. The standard InChI is InChI=1S/C19H22N2O3S/c1-3-13-20-19(22)18(14-16-7-5-4-6-8-16)21-25(23,24)17-11-9-15(2)10-12-17/h3-12,18,21H,1,13-14H2,2H3,(H,20,22)/t18-/m0/s1. The maximum absolute atomic E-state index is 12.6. The Bertz CT molecular complexity index is 816. The van der Waals surface area contributed by atoms with Gasteiger partial charge in [0.15, 0.2) is 0 Å². The summed E-state index contributed by atoms with van der Waals surface area (Å²) in [5.41, 5.74) is 1.83. The predicted octanol–water partition coefficient (Wildman–Crippen LogP) is 2.19. The van der Waals surface area contributed by atoms with Crippen molar-refractivity contribution in [3.05, 3.63) is 78.4 Å². The van der Waals surface area contributed by atoms with Gasteiger partial charge in [0.1, 0.15) is 6.04 Å². The SMILES string of the molecule is C=CCNC(=O)[C@H](Cc1ccccc1)NS(=O)(=O)c1ccc(C)cc1. The summed E-state index contributed by atoms with van der Waals surface area (Å²) in [5, 5.41) is 2.65. The average Bonchev–Trinajstić information content (AvgIpc) is 2.60. The molecule has 1 amide bonds. The number of hydrogen-bond acceptors (Lipinski definition) is 3. The summed E-state index contributed by atoms with van der Waals surface area (Å²) in [6.07, 6.45) is 1.81. The van der Waals surface area contributed by atoms with Gasteiger partial charge < -0.3 is 5.32 Å². The van der Waals surface area contributed by atoms with Gasteiger partial charge in [0, 0.05) is 6.54 Å². The number of sulfonamides is 1. The number of amides is 1. The summed E-state index contributed by atoms with van der Waals surface area (Å²) >= 11 is 0. The molecule has 1 atom stereocenters. The van der Waals surface area contributed by atoms with E-state index in [2.05, 4.69) is 16.6 Å². The highest BCUT2D eigenvalue weighted by Crippen LogP contribution is 2.12. The Morgan fingerprint density at radius 2 is 1.76 bits per heavy atom. The van der Waals surface area contributed by atoms with E-state index in [0.717, 1.165) is 11.1 Å². The van der Waals surface area contributed by atoms with E-state index in [1.165, 1.54) is 12.1 Å². The molecule has 0 aliphatic rings. The molecular formula is C19H22N2O3S. The van der Waals surface area contributed by atoms with E-state index in [1.807, 2.05) is 37.3 Å². The van der Waals surface area contributed by atoms with Gasteiger partial charge in [-0.2, -0.15) is 4.72 Å². The van der Waals surface area contributed by atoms with Crippen LogP contribution < -0.4 is 10.0 Å². The van der Waals surface area contributed by atoms with Gasteiger partial charge in [0.2, 0.25) is 15.9 Å². The van der Waals surface area contributed by atoms with E-state index in [0.29, 0.717) is 0 Å². The van der Waals surface area contributed by atoms with Crippen molar-refractivity contribution in [1.29, 1.82) is 0 Å². The molecule has 0 bridgehead atoms.